The minimum Gasteiger partial charge on any atom is -0.309 e. The van der Waals surface area contributed by atoms with E-state index in [1.807, 2.05) is 0 Å². The molecule has 3 heterocycles. The monoisotopic (exact) mass is 751 g/mol. The minimum atomic E-state index is 1.11. The summed E-state index contributed by atoms with van der Waals surface area (Å²) in [6.07, 6.45) is 0. The summed E-state index contributed by atoms with van der Waals surface area (Å²) in [7, 11) is 0. The van der Waals surface area contributed by atoms with Gasteiger partial charge in [-0.25, -0.2) is 0 Å². The van der Waals surface area contributed by atoms with Gasteiger partial charge in [0.1, 0.15) is 0 Å². The molecule has 0 aliphatic heterocycles. The summed E-state index contributed by atoms with van der Waals surface area (Å²) < 4.78 is 7.41. The van der Waals surface area contributed by atoms with E-state index in [1.165, 1.54) is 88.0 Å². The smallest absolute Gasteiger partial charge is 0.0789 e. The lowest BCUT2D eigenvalue weighted by Gasteiger charge is -2.15. The quantitative estimate of drug-likeness (QED) is 0.161. The van der Waals surface area contributed by atoms with Gasteiger partial charge < -0.3 is 13.7 Å². The van der Waals surface area contributed by atoms with Crippen LogP contribution in [0.4, 0.5) is 0 Å². The Labute approximate surface area is 341 Å². The molecule has 0 N–H and O–H groups in total. The molecule has 12 rings (SSSR count). The SMILES string of the molecule is c1ccc(-c2ccc3c4ccccc4n(-c4ccc(-n5c6ccccc6c6ccc7c(-c8ccccc8)c(-c8ccccc8)n(-c8ccccc8)c7c65)cc4)c3c2)cc1. The number of para-hydroxylation sites is 3. The van der Waals surface area contributed by atoms with E-state index < -0.39 is 0 Å². The van der Waals surface area contributed by atoms with Crippen molar-refractivity contribution in [3.8, 4) is 50.6 Å². The van der Waals surface area contributed by atoms with Gasteiger partial charge in [0, 0.05) is 49.6 Å². The number of fused-ring (bicyclic) bond motifs is 8. The van der Waals surface area contributed by atoms with Gasteiger partial charge in [-0.05, 0) is 76.9 Å². The van der Waals surface area contributed by atoms with Crippen LogP contribution in [-0.4, -0.2) is 13.7 Å². The van der Waals surface area contributed by atoms with Gasteiger partial charge in [-0.2, -0.15) is 0 Å². The van der Waals surface area contributed by atoms with Gasteiger partial charge in [0.05, 0.1) is 33.3 Å². The molecule has 0 spiro atoms. The molecule has 59 heavy (non-hydrogen) atoms. The van der Waals surface area contributed by atoms with Crippen molar-refractivity contribution in [2.24, 2.45) is 0 Å². The van der Waals surface area contributed by atoms with Gasteiger partial charge in [0.25, 0.3) is 0 Å². The summed E-state index contributed by atoms with van der Waals surface area (Å²) in [5, 5.41) is 6.17. The summed E-state index contributed by atoms with van der Waals surface area (Å²) in [4.78, 5) is 0. The van der Waals surface area contributed by atoms with Crippen LogP contribution in [0.15, 0.2) is 224 Å². The van der Waals surface area contributed by atoms with Crippen molar-refractivity contribution in [1.29, 1.82) is 0 Å². The van der Waals surface area contributed by atoms with Gasteiger partial charge in [-0.15, -0.1) is 0 Å². The average molecular weight is 752 g/mol. The normalized spacial score (nSPS) is 11.7. The largest absolute Gasteiger partial charge is 0.309 e. The highest BCUT2D eigenvalue weighted by Crippen LogP contribution is 2.47. The van der Waals surface area contributed by atoms with Crippen LogP contribution in [0.5, 0.6) is 0 Å². The molecule has 12 aromatic rings. The van der Waals surface area contributed by atoms with E-state index in [9.17, 15) is 0 Å². The highest BCUT2D eigenvalue weighted by Gasteiger charge is 2.26. The Hall–Kier alpha value is -7.88. The van der Waals surface area contributed by atoms with E-state index in [0.29, 0.717) is 0 Å². The first-order valence-corrected chi connectivity index (χ1v) is 20.3. The van der Waals surface area contributed by atoms with E-state index in [4.69, 9.17) is 0 Å². The van der Waals surface area contributed by atoms with Crippen LogP contribution < -0.4 is 0 Å². The van der Waals surface area contributed by atoms with Crippen molar-refractivity contribution in [2.45, 2.75) is 0 Å². The molecule has 0 aliphatic rings. The predicted octanol–water partition coefficient (Wildman–Crippen LogP) is 14.8. The van der Waals surface area contributed by atoms with Crippen molar-refractivity contribution in [3.05, 3.63) is 224 Å². The molecular weight excluding hydrogens is 715 g/mol. The van der Waals surface area contributed by atoms with Gasteiger partial charge >= 0.3 is 0 Å². The molecule has 0 atom stereocenters. The standard InChI is InChI=1S/C56H37N3/c1-5-17-38(18-6-1)41-29-34-47-45-25-13-15-27-50(45)57(52(47)37-41)43-30-32-44(33-31-43)58-51-28-16-14-26-46(51)48-35-36-49-53(39-19-7-2-8-20-39)54(40-21-9-3-10-22-40)59(56(49)55(48)58)42-23-11-4-12-24-42/h1-37H. The summed E-state index contributed by atoms with van der Waals surface area (Å²) in [6.45, 7) is 0. The molecule has 0 saturated heterocycles. The van der Waals surface area contributed by atoms with Crippen LogP contribution in [0.1, 0.15) is 0 Å². The summed E-state index contributed by atoms with van der Waals surface area (Å²) in [6, 6.07) is 81.6. The molecule has 3 aromatic heterocycles. The molecule has 0 radical (unpaired) electrons. The Morgan fingerprint density at radius 2 is 0.678 bits per heavy atom. The van der Waals surface area contributed by atoms with Gasteiger partial charge in [-0.3, -0.25) is 0 Å². The van der Waals surface area contributed by atoms with Crippen LogP contribution in [0.25, 0.3) is 105 Å². The first-order valence-electron chi connectivity index (χ1n) is 20.3. The van der Waals surface area contributed by atoms with Crippen molar-refractivity contribution >= 4 is 54.5 Å². The predicted molar refractivity (Wildman–Crippen MR) is 248 cm³/mol. The maximum atomic E-state index is 2.50. The lowest BCUT2D eigenvalue weighted by atomic mass is 9.98. The first kappa shape index (κ1) is 33.3. The fourth-order valence-corrected chi connectivity index (χ4v) is 9.50. The Morgan fingerprint density at radius 3 is 1.34 bits per heavy atom. The second kappa shape index (κ2) is 13.4. The van der Waals surface area contributed by atoms with Crippen LogP contribution in [0.3, 0.4) is 0 Å². The van der Waals surface area contributed by atoms with Crippen LogP contribution in [0.2, 0.25) is 0 Å². The third kappa shape index (κ3) is 5.15. The molecule has 0 fully saturated rings. The number of aromatic nitrogens is 3. The Kier molecular flexibility index (Phi) is 7.54. The Balaban J connectivity index is 1.15. The molecular formula is C56H37N3. The lowest BCUT2D eigenvalue weighted by molar-refractivity contribution is 1.12. The van der Waals surface area contributed by atoms with Gasteiger partial charge in [-0.1, -0.05) is 170 Å². The average Bonchev–Trinajstić information content (AvgIpc) is 3.96. The Bertz CT molecular complexity index is 3500. The van der Waals surface area contributed by atoms with Crippen molar-refractivity contribution in [3.63, 3.8) is 0 Å². The third-order valence-electron chi connectivity index (χ3n) is 12.0. The van der Waals surface area contributed by atoms with Crippen LogP contribution in [0, 0.1) is 0 Å². The second-order valence-corrected chi connectivity index (χ2v) is 15.3. The summed E-state index contributed by atoms with van der Waals surface area (Å²) in [5.41, 5.74) is 16.5. The van der Waals surface area contributed by atoms with E-state index >= 15 is 0 Å². The van der Waals surface area contributed by atoms with E-state index in [1.54, 1.807) is 0 Å². The first-order chi connectivity index (χ1) is 29.3. The zero-order chi connectivity index (χ0) is 38.9. The van der Waals surface area contributed by atoms with Crippen molar-refractivity contribution < 1.29 is 0 Å². The highest BCUT2D eigenvalue weighted by molar-refractivity contribution is 6.22. The number of nitrogens with zero attached hydrogens (tertiary/aromatic N) is 3. The van der Waals surface area contributed by atoms with Crippen LogP contribution in [-0.2, 0) is 0 Å². The fourth-order valence-electron chi connectivity index (χ4n) is 9.50. The maximum Gasteiger partial charge on any atom is 0.0789 e. The topological polar surface area (TPSA) is 14.8 Å². The van der Waals surface area contributed by atoms with E-state index in [2.05, 4.69) is 238 Å². The number of benzene rings is 9. The zero-order valence-electron chi connectivity index (χ0n) is 32.2. The molecule has 3 nitrogen and oxygen atoms in total. The molecule has 0 amide bonds. The summed E-state index contributed by atoms with van der Waals surface area (Å²) in [5.74, 6) is 0. The minimum absolute atomic E-state index is 1.11. The Morgan fingerprint density at radius 1 is 0.237 bits per heavy atom. The maximum absolute atomic E-state index is 2.50. The molecule has 276 valence electrons. The number of hydrogen-bond acceptors (Lipinski definition) is 0. The number of hydrogen-bond donors (Lipinski definition) is 0. The molecule has 0 unspecified atom stereocenters. The fraction of sp³-hybridized carbons (Fsp3) is 0. The lowest BCUT2D eigenvalue weighted by Crippen LogP contribution is -2.01. The second-order valence-electron chi connectivity index (χ2n) is 15.3. The van der Waals surface area contributed by atoms with E-state index in [-0.39, 0.29) is 0 Å². The molecule has 3 heteroatoms. The summed E-state index contributed by atoms with van der Waals surface area (Å²) >= 11 is 0. The third-order valence-corrected chi connectivity index (χ3v) is 12.0. The van der Waals surface area contributed by atoms with Crippen molar-refractivity contribution in [1.82, 2.24) is 13.7 Å². The van der Waals surface area contributed by atoms with Crippen molar-refractivity contribution in [2.75, 3.05) is 0 Å². The van der Waals surface area contributed by atoms with Gasteiger partial charge in [0.15, 0.2) is 0 Å². The molecule has 0 bridgehead atoms. The van der Waals surface area contributed by atoms with E-state index in [0.717, 1.165) is 17.1 Å². The van der Waals surface area contributed by atoms with Gasteiger partial charge in [0.2, 0.25) is 0 Å². The molecule has 0 saturated carbocycles. The molecule has 0 aliphatic carbocycles. The zero-order valence-corrected chi connectivity index (χ0v) is 32.2. The van der Waals surface area contributed by atoms with Crippen LogP contribution >= 0.6 is 0 Å². The number of rotatable bonds is 6. The highest BCUT2D eigenvalue weighted by atomic mass is 15.1. The molecule has 9 aromatic carbocycles.